The average Bonchev–Trinajstić information content (AvgIpc) is 2.97. The summed E-state index contributed by atoms with van der Waals surface area (Å²) in [5, 5.41) is 0. The van der Waals surface area contributed by atoms with Crippen LogP contribution in [0, 0.1) is 0 Å². The molecule has 1 aliphatic rings. The molecule has 3 rings (SSSR count). The van der Waals surface area contributed by atoms with E-state index in [1.807, 2.05) is 12.3 Å². The van der Waals surface area contributed by atoms with Gasteiger partial charge in [-0.1, -0.05) is 24.3 Å². The highest BCUT2D eigenvalue weighted by molar-refractivity contribution is 6.62. The quantitative estimate of drug-likeness (QED) is 0.850. The minimum atomic E-state index is -0.296. The van der Waals surface area contributed by atoms with Crippen LogP contribution in [0.15, 0.2) is 42.6 Å². The lowest BCUT2D eigenvalue weighted by Gasteiger charge is -2.32. The molecule has 1 aromatic carbocycles. The highest BCUT2D eigenvalue weighted by Gasteiger charge is 2.51. The molecule has 0 aliphatic carbocycles. The second-order valence-electron chi connectivity index (χ2n) is 6.29. The smallest absolute Gasteiger partial charge is 0.399 e. The third-order valence-electron chi connectivity index (χ3n) is 4.35. The zero-order chi connectivity index (χ0) is 14.4. The Morgan fingerprint density at radius 1 is 0.900 bits per heavy atom. The maximum atomic E-state index is 6.05. The fourth-order valence-electron chi connectivity index (χ4n) is 2.31. The number of rotatable bonds is 2. The number of hydrogen-bond acceptors (Lipinski definition) is 2. The van der Waals surface area contributed by atoms with Gasteiger partial charge in [0.25, 0.3) is 0 Å². The summed E-state index contributed by atoms with van der Waals surface area (Å²) >= 11 is 0. The second-order valence-corrected chi connectivity index (χ2v) is 6.29. The molecule has 0 spiro atoms. The lowest BCUT2D eigenvalue weighted by atomic mass is 9.79. The van der Waals surface area contributed by atoms with Crippen LogP contribution in [0.25, 0.3) is 11.3 Å². The van der Waals surface area contributed by atoms with Crippen molar-refractivity contribution in [2.24, 2.45) is 0 Å². The Balaban J connectivity index is 1.83. The molecule has 20 heavy (non-hydrogen) atoms. The second kappa shape index (κ2) is 4.50. The molecule has 0 amide bonds. The van der Waals surface area contributed by atoms with Gasteiger partial charge in [0.15, 0.2) is 0 Å². The normalized spacial score (nSPS) is 20.3. The largest absolute Gasteiger partial charge is 0.494 e. The standard InChI is InChI=1S/C16H20BNO2/c1-15(2)16(3,4)20-17(19-15)13-9-7-12(8-10-13)14-6-5-11-18-14/h5-11,18H,1-4H3. The highest BCUT2D eigenvalue weighted by atomic mass is 16.7. The first-order chi connectivity index (χ1) is 9.39. The van der Waals surface area contributed by atoms with Crippen LogP contribution in [0.3, 0.4) is 0 Å². The molecular weight excluding hydrogens is 249 g/mol. The minimum absolute atomic E-state index is 0.294. The van der Waals surface area contributed by atoms with Crippen molar-refractivity contribution < 1.29 is 9.31 Å². The highest BCUT2D eigenvalue weighted by Crippen LogP contribution is 2.36. The van der Waals surface area contributed by atoms with E-state index in [1.54, 1.807) is 0 Å². The van der Waals surface area contributed by atoms with Crippen molar-refractivity contribution in [1.82, 2.24) is 4.98 Å². The SMILES string of the molecule is CC1(C)OB(c2ccc(-c3ccc[nH]3)cc2)OC1(C)C. The summed E-state index contributed by atoms with van der Waals surface area (Å²) < 4.78 is 12.1. The fraction of sp³-hybridized carbons (Fsp3) is 0.375. The molecule has 0 unspecified atom stereocenters. The van der Waals surface area contributed by atoms with Gasteiger partial charge >= 0.3 is 7.12 Å². The zero-order valence-electron chi connectivity index (χ0n) is 12.4. The van der Waals surface area contributed by atoms with Gasteiger partial charge in [0, 0.05) is 11.9 Å². The summed E-state index contributed by atoms with van der Waals surface area (Å²) in [6, 6.07) is 12.4. The number of hydrogen-bond donors (Lipinski definition) is 1. The lowest BCUT2D eigenvalue weighted by Crippen LogP contribution is -2.41. The van der Waals surface area contributed by atoms with Crippen LogP contribution in [0.4, 0.5) is 0 Å². The van der Waals surface area contributed by atoms with Crippen LogP contribution in [0.5, 0.6) is 0 Å². The van der Waals surface area contributed by atoms with E-state index in [4.69, 9.17) is 9.31 Å². The first kappa shape index (κ1) is 13.5. The van der Waals surface area contributed by atoms with Crippen LogP contribution >= 0.6 is 0 Å². The topological polar surface area (TPSA) is 34.2 Å². The van der Waals surface area contributed by atoms with Gasteiger partial charge < -0.3 is 14.3 Å². The fourth-order valence-corrected chi connectivity index (χ4v) is 2.31. The summed E-state index contributed by atoms with van der Waals surface area (Å²) in [7, 11) is -0.294. The molecular formula is C16H20BNO2. The third kappa shape index (κ3) is 2.19. The molecule has 104 valence electrons. The van der Waals surface area contributed by atoms with Gasteiger partial charge in [0.2, 0.25) is 0 Å². The molecule has 1 aliphatic heterocycles. The van der Waals surface area contributed by atoms with Crippen molar-refractivity contribution in [1.29, 1.82) is 0 Å². The van der Waals surface area contributed by atoms with Gasteiger partial charge in [-0.05, 0) is 50.9 Å². The summed E-state index contributed by atoms with van der Waals surface area (Å²) in [4.78, 5) is 3.21. The van der Waals surface area contributed by atoms with Gasteiger partial charge in [-0.15, -0.1) is 0 Å². The number of nitrogens with one attached hydrogen (secondary N) is 1. The van der Waals surface area contributed by atoms with Crippen molar-refractivity contribution >= 4 is 12.6 Å². The van der Waals surface area contributed by atoms with Crippen molar-refractivity contribution in [2.45, 2.75) is 38.9 Å². The van der Waals surface area contributed by atoms with Crippen LogP contribution in [0.2, 0.25) is 0 Å². The van der Waals surface area contributed by atoms with E-state index in [-0.39, 0.29) is 18.3 Å². The summed E-state index contributed by atoms with van der Waals surface area (Å²) in [5.41, 5.74) is 2.74. The van der Waals surface area contributed by atoms with E-state index < -0.39 is 0 Å². The Morgan fingerprint density at radius 3 is 2.00 bits per heavy atom. The lowest BCUT2D eigenvalue weighted by molar-refractivity contribution is 0.00578. The van der Waals surface area contributed by atoms with Crippen LogP contribution in [0.1, 0.15) is 27.7 Å². The molecule has 0 bridgehead atoms. The molecule has 1 N–H and O–H groups in total. The van der Waals surface area contributed by atoms with E-state index in [9.17, 15) is 0 Å². The van der Waals surface area contributed by atoms with Crippen molar-refractivity contribution in [2.75, 3.05) is 0 Å². The summed E-state index contributed by atoms with van der Waals surface area (Å²) in [6.07, 6.45) is 1.93. The maximum Gasteiger partial charge on any atom is 0.494 e. The summed E-state index contributed by atoms with van der Waals surface area (Å²) in [6.45, 7) is 8.28. The molecule has 2 aromatic rings. The van der Waals surface area contributed by atoms with E-state index >= 15 is 0 Å². The molecule has 1 saturated heterocycles. The van der Waals surface area contributed by atoms with E-state index in [0.29, 0.717) is 0 Å². The maximum absolute atomic E-state index is 6.05. The van der Waals surface area contributed by atoms with Crippen LogP contribution < -0.4 is 5.46 Å². The first-order valence-corrected chi connectivity index (χ1v) is 6.98. The minimum Gasteiger partial charge on any atom is -0.399 e. The number of benzene rings is 1. The van der Waals surface area contributed by atoms with Gasteiger partial charge in [-0.3, -0.25) is 0 Å². The van der Waals surface area contributed by atoms with E-state index in [0.717, 1.165) is 16.7 Å². The molecule has 1 aromatic heterocycles. The predicted octanol–water partition coefficient (Wildman–Crippen LogP) is 2.98. The Kier molecular flexibility index (Phi) is 3.03. The first-order valence-electron chi connectivity index (χ1n) is 6.98. The molecule has 0 saturated carbocycles. The monoisotopic (exact) mass is 269 g/mol. The zero-order valence-corrected chi connectivity index (χ0v) is 12.4. The molecule has 3 nitrogen and oxygen atoms in total. The number of aromatic nitrogens is 1. The number of H-pyrrole nitrogens is 1. The average molecular weight is 269 g/mol. The Morgan fingerprint density at radius 2 is 1.50 bits per heavy atom. The van der Waals surface area contributed by atoms with Crippen LogP contribution in [-0.2, 0) is 9.31 Å². The molecule has 1 fully saturated rings. The summed E-state index contributed by atoms with van der Waals surface area (Å²) in [5.74, 6) is 0. The molecule has 2 heterocycles. The molecule has 4 heteroatoms. The molecule has 0 radical (unpaired) electrons. The van der Waals surface area contributed by atoms with Gasteiger partial charge in [0.05, 0.1) is 11.2 Å². The Labute approximate surface area is 120 Å². The van der Waals surface area contributed by atoms with Gasteiger partial charge in [0.1, 0.15) is 0 Å². The Bertz CT molecular complexity index is 571. The third-order valence-corrected chi connectivity index (χ3v) is 4.35. The van der Waals surface area contributed by atoms with Crippen molar-refractivity contribution in [3.8, 4) is 11.3 Å². The van der Waals surface area contributed by atoms with Gasteiger partial charge in [-0.2, -0.15) is 0 Å². The van der Waals surface area contributed by atoms with Crippen molar-refractivity contribution in [3.05, 3.63) is 42.6 Å². The predicted molar refractivity (Wildman–Crippen MR) is 81.9 cm³/mol. The van der Waals surface area contributed by atoms with Crippen LogP contribution in [-0.4, -0.2) is 23.3 Å². The van der Waals surface area contributed by atoms with E-state index in [1.165, 1.54) is 0 Å². The van der Waals surface area contributed by atoms with Crippen molar-refractivity contribution in [3.63, 3.8) is 0 Å². The molecule has 0 atom stereocenters. The van der Waals surface area contributed by atoms with Gasteiger partial charge in [-0.25, -0.2) is 0 Å². The van der Waals surface area contributed by atoms with E-state index in [2.05, 4.69) is 63.0 Å². The number of aromatic amines is 1. The Hall–Kier alpha value is -1.52.